The highest BCUT2D eigenvalue weighted by Crippen LogP contribution is 2.35. The van der Waals surface area contributed by atoms with Crippen molar-refractivity contribution < 1.29 is 14.3 Å². The second-order valence-electron chi connectivity index (χ2n) is 8.04. The lowest BCUT2D eigenvalue weighted by molar-refractivity contribution is -0.123. The summed E-state index contributed by atoms with van der Waals surface area (Å²) in [6.07, 6.45) is 3.70. The molecule has 0 unspecified atom stereocenters. The molecule has 0 N–H and O–H groups in total. The first-order chi connectivity index (χ1) is 17.4. The van der Waals surface area contributed by atoms with Crippen molar-refractivity contribution >= 4 is 74.7 Å². The van der Waals surface area contributed by atoms with Gasteiger partial charge in [0.05, 0.1) is 23.0 Å². The zero-order chi connectivity index (χ0) is 25.2. The standard InChI is InChI=1S/C27H19Cl3N2O3S/c28-20-8-5-9-21(29)19(20)16-31-15-17(18-6-1-3-10-23(18)31)14-25-26(33)32(27(34)36-25)12-13-35-24-11-4-2-7-22(24)30/h1-11,14-15H,12-13,16H2/b25-14-. The Kier molecular flexibility index (Phi) is 7.30. The Bertz CT molecular complexity index is 1500. The average molecular weight is 558 g/mol. The van der Waals surface area contributed by atoms with Crippen LogP contribution >= 0.6 is 46.6 Å². The van der Waals surface area contributed by atoms with Gasteiger partial charge >= 0.3 is 0 Å². The summed E-state index contributed by atoms with van der Waals surface area (Å²) in [4.78, 5) is 27.2. The number of rotatable bonds is 7. The maximum atomic E-state index is 13.0. The van der Waals surface area contributed by atoms with Crippen molar-refractivity contribution in [2.75, 3.05) is 13.2 Å². The van der Waals surface area contributed by atoms with E-state index in [0.29, 0.717) is 32.3 Å². The molecule has 0 saturated carbocycles. The summed E-state index contributed by atoms with van der Waals surface area (Å²) in [6.45, 7) is 0.737. The minimum Gasteiger partial charge on any atom is -0.490 e. The van der Waals surface area contributed by atoms with E-state index in [9.17, 15) is 9.59 Å². The predicted molar refractivity (Wildman–Crippen MR) is 147 cm³/mol. The van der Waals surface area contributed by atoms with Gasteiger partial charge in [0.25, 0.3) is 11.1 Å². The van der Waals surface area contributed by atoms with Gasteiger partial charge in [-0.3, -0.25) is 14.5 Å². The molecule has 3 aromatic carbocycles. The highest BCUT2D eigenvalue weighted by atomic mass is 35.5. The van der Waals surface area contributed by atoms with E-state index in [0.717, 1.165) is 33.8 Å². The Labute approximate surface area is 227 Å². The molecule has 182 valence electrons. The Morgan fingerprint density at radius 3 is 2.33 bits per heavy atom. The number of ether oxygens (including phenoxy) is 1. The van der Waals surface area contributed by atoms with Gasteiger partial charge in [0, 0.05) is 38.3 Å². The molecular weight excluding hydrogens is 539 g/mol. The molecule has 1 aromatic heterocycles. The Morgan fingerprint density at radius 1 is 0.861 bits per heavy atom. The number of carbonyl (C=O) groups excluding carboxylic acids is 2. The fourth-order valence-corrected chi connectivity index (χ4v) is 5.58. The third-order valence-corrected chi connectivity index (χ3v) is 7.71. The van der Waals surface area contributed by atoms with Gasteiger partial charge in [-0.25, -0.2) is 0 Å². The van der Waals surface area contributed by atoms with Gasteiger partial charge in [-0.05, 0) is 48.2 Å². The maximum absolute atomic E-state index is 13.0. The van der Waals surface area contributed by atoms with Crippen LogP contribution in [0.15, 0.2) is 77.8 Å². The first-order valence-corrected chi connectivity index (χ1v) is 13.0. The molecule has 5 nitrogen and oxygen atoms in total. The molecule has 0 bridgehead atoms. The third kappa shape index (κ3) is 5.00. The second-order valence-corrected chi connectivity index (χ2v) is 10.3. The maximum Gasteiger partial charge on any atom is 0.293 e. The number of carbonyl (C=O) groups is 2. The van der Waals surface area contributed by atoms with Crippen LogP contribution in [0, 0.1) is 0 Å². The fourth-order valence-electron chi connectivity index (χ4n) is 4.02. The number of para-hydroxylation sites is 2. The molecule has 1 aliphatic rings. The first kappa shape index (κ1) is 24.8. The lowest BCUT2D eigenvalue weighted by Crippen LogP contribution is -2.32. The van der Waals surface area contributed by atoms with Crippen molar-refractivity contribution in [1.29, 1.82) is 0 Å². The molecule has 5 rings (SSSR count). The number of halogens is 3. The largest absolute Gasteiger partial charge is 0.490 e. The van der Waals surface area contributed by atoms with Crippen molar-refractivity contribution in [1.82, 2.24) is 9.47 Å². The van der Waals surface area contributed by atoms with E-state index in [2.05, 4.69) is 0 Å². The summed E-state index contributed by atoms with van der Waals surface area (Å²) in [7, 11) is 0. The zero-order valence-electron chi connectivity index (χ0n) is 18.8. The lowest BCUT2D eigenvalue weighted by atomic mass is 10.1. The minimum atomic E-state index is -0.348. The molecule has 0 aliphatic carbocycles. The summed E-state index contributed by atoms with van der Waals surface area (Å²) >= 11 is 19.8. The van der Waals surface area contributed by atoms with Crippen molar-refractivity contribution in [2.24, 2.45) is 0 Å². The Balaban J connectivity index is 1.38. The smallest absolute Gasteiger partial charge is 0.293 e. The van der Waals surface area contributed by atoms with Gasteiger partial charge < -0.3 is 9.30 Å². The van der Waals surface area contributed by atoms with Gasteiger partial charge in [-0.2, -0.15) is 0 Å². The van der Waals surface area contributed by atoms with Gasteiger partial charge in [-0.1, -0.05) is 71.2 Å². The summed E-state index contributed by atoms with van der Waals surface area (Å²) < 4.78 is 7.69. The summed E-state index contributed by atoms with van der Waals surface area (Å²) in [5.74, 6) is 0.159. The molecule has 9 heteroatoms. The van der Waals surface area contributed by atoms with Gasteiger partial charge in [-0.15, -0.1) is 0 Å². The lowest BCUT2D eigenvalue weighted by Gasteiger charge is -2.13. The highest BCUT2D eigenvalue weighted by Gasteiger charge is 2.35. The molecule has 1 fully saturated rings. The highest BCUT2D eigenvalue weighted by molar-refractivity contribution is 8.18. The number of aromatic nitrogens is 1. The monoisotopic (exact) mass is 556 g/mol. The third-order valence-electron chi connectivity index (χ3n) is 5.78. The van der Waals surface area contributed by atoms with Crippen LogP contribution in [0.2, 0.25) is 15.1 Å². The van der Waals surface area contributed by atoms with E-state index >= 15 is 0 Å². The second kappa shape index (κ2) is 10.6. The van der Waals surface area contributed by atoms with Crippen molar-refractivity contribution in [3.63, 3.8) is 0 Å². The molecule has 4 aromatic rings. The number of imide groups is 1. The summed E-state index contributed by atoms with van der Waals surface area (Å²) in [5, 5.41) is 2.26. The quantitative estimate of drug-likeness (QED) is 0.218. The van der Waals surface area contributed by atoms with Crippen molar-refractivity contribution in [2.45, 2.75) is 6.54 Å². The predicted octanol–water partition coefficient (Wildman–Crippen LogP) is 7.77. The fraction of sp³-hybridized carbons (Fsp3) is 0.111. The van der Waals surface area contributed by atoms with Crippen LogP contribution in [0.3, 0.4) is 0 Å². The number of hydrogen-bond donors (Lipinski definition) is 0. The van der Waals surface area contributed by atoms with Crippen LogP contribution in [0.4, 0.5) is 4.79 Å². The van der Waals surface area contributed by atoms with E-state index < -0.39 is 0 Å². The molecule has 2 amide bonds. The molecule has 36 heavy (non-hydrogen) atoms. The van der Waals surface area contributed by atoms with Crippen LogP contribution < -0.4 is 4.74 Å². The van der Waals surface area contributed by atoms with E-state index in [1.807, 2.05) is 41.1 Å². The van der Waals surface area contributed by atoms with Gasteiger partial charge in [0.1, 0.15) is 12.4 Å². The van der Waals surface area contributed by atoms with E-state index in [4.69, 9.17) is 39.5 Å². The summed E-state index contributed by atoms with van der Waals surface area (Å²) in [6, 6.07) is 20.3. The topological polar surface area (TPSA) is 51.5 Å². The number of hydrogen-bond acceptors (Lipinski definition) is 4. The van der Waals surface area contributed by atoms with Crippen molar-refractivity contribution in [3.05, 3.63) is 104 Å². The Hall–Kier alpha value is -2.90. The number of amides is 2. The first-order valence-electron chi connectivity index (χ1n) is 11.1. The molecule has 1 saturated heterocycles. The molecule has 1 aliphatic heterocycles. The zero-order valence-corrected chi connectivity index (χ0v) is 21.9. The SMILES string of the molecule is O=C1S/C(=C\c2cn(Cc3c(Cl)cccc3Cl)c3ccccc23)C(=O)N1CCOc1ccccc1Cl. The minimum absolute atomic E-state index is 0.125. The number of fused-ring (bicyclic) bond motifs is 1. The number of nitrogens with zero attached hydrogens (tertiary/aromatic N) is 2. The van der Waals surface area contributed by atoms with Crippen LogP contribution in [-0.2, 0) is 11.3 Å². The molecule has 0 atom stereocenters. The molecular formula is C27H19Cl3N2O3S. The van der Waals surface area contributed by atoms with Gasteiger partial charge in [0.2, 0.25) is 0 Å². The molecule has 2 heterocycles. The normalized spacial score (nSPS) is 14.9. The van der Waals surface area contributed by atoms with Gasteiger partial charge in [0.15, 0.2) is 0 Å². The van der Waals surface area contributed by atoms with Crippen LogP contribution in [0.5, 0.6) is 5.75 Å². The number of benzene rings is 3. The van der Waals surface area contributed by atoms with E-state index in [1.165, 1.54) is 4.90 Å². The average Bonchev–Trinajstić information content (AvgIpc) is 3.34. The van der Waals surface area contributed by atoms with Crippen LogP contribution in [0.1, 0.15) is 11.1 Å². The van der Waals surface area contributed by atoms with Crippen LogP contribution in [-0.4, -0.2) is 33.8 Å². The van der Waals surface area contributed by atoms with Crippen LogP contribution in [0.25, 0.3) is 17.0 Å². The van der Waals surface area contributed by atoms with E-state index in [1.54, 1.807) is 42.5 Å². The van der Waals surface area contributed by atoms with E-state index in [-0.39, 0.29) is 24.3 Å². The summed E-state index contributed by atoms with van der Waals surface area (Å²) in [5.41, 5.74) is 2.60. The molecule has 0 radical (unpaired) electrons. The Morgan fingerprint density at radius 2 is 1.56 bits per heavy atom. The number of thioether (sulfide) groups is 1. The molecule has 0 spiro atoms. The van der Waals surface area contributed by atoms with Crippen molar-refractivity contribution in [3.8, 4) is 5.75 Å².